The van der Waals surface area contributed by atoms with Gasteiger partial charge in [-0.05, 0) is 5.21 Å². The largest absolute Gasteiger partial charge is 0.366 e. The van der Waals surface area contributed by atoms with Crippen molar-refractivity contribution in [2.45, 2.75) is 5.02 Å². The molecule has 0 aliphatic rings. The van der Waals surface area contributed by atoms with Crippen LogP contribution in [0, 0.1) is 0 Å². The first-order chi connectivity index (χ1) is 6.29. The van der Waals surface area contributed by atoms with E-state index in [1.54, 1.807) is 12.3 Å². The second kappa shape index (κ2) is 5.90. The van der Waals surface area contributed by atoms with Crippen LogP contribution in [-0.2, 0) is 4.74 Å². The predicted octanol–water partition coefficient (Wildman–Crippen LogP) is 1.06. The summed E-state index contributed by atoms with van der Waals surface area (Å²) in [6, 6.07) is 1.70. The van der Waals surface area contributed by atoms with Crippen molar-refractivity contribution in [1.29, 1.82) is 0 Å². The van der Waals surface area contributed by atoms with Gasteiger partial charge in [-0.2, -0.15) is 0 Å². The summed E-state index contributed by atoms with van der Waals surface area (Å²) in [5.41, 5.74) is 0. The molecule has 0 atom stereocenters. The van der Waals surface area contributed by atoms with Crippen LogP contribution in [0.4, 0.5) is 5.82 Å². The molecule has 1 N–H and O–H groups in total. The molecule has 1 aromatic rings. The van der Waals surface area contributed by atoms with Crippen LogP contribution in [0.15, 0.2) is 12.3 Å². The van der Waals surface area contributed by atoms with Crippen LogP contribution in [0.1, 0.15) is 0 Å². The molecule has 1 heterocycles. The quantitative estimate of drug-likeness (QED) is 0.597. The van der Waals surface area contributed by atoms with Crippen molar-refractivity contribution >= 4 is 29.0 Å². The molecule has 0 bridgehead atoms. The maximum absolute atomic E-state index is 5.34. The molecule has 0 unspecified atom stereocenters. The third kappa shape index (κ3) is 4.82. The standard InChI is InChI=1S/C6H8Cl2N4O/c7-6(8)13-4-3-9-5-1-2-10-12-11-5/h1-2,6H,3-4H2,(H,9,10,11). The second-order valence-electron chi connectivity index (χ2n) is 2.06. The van der Waals surface area contributed by atoms with Gasteiger partial charge in [0, 0.05) is 12.6 Å². The Labute approximate surface area is 85.4 Å². The number of anilines is 1. The van der Waals surface area contributed by atoms with Crippen molar-refractivity contribution in [3.63, 3.8) is 0 Å². The molecule has 72 valence electrons. The van der Waals surface area contributed by atoms with E-state index in [-0.39, 0.29) is 0 Å². The van der Waals surface area contributed by atoms with E-state index in [4.69, 9.17) is 27.9 Å². The van der Waals surface area contributed by atoms with Crippen LogP contribution in [0.25, 0.3) is 0 Å². The van der Waals surface area contributed by atoms with Crippen molar-refractivity contribution in [2.75, 3.05) is 18.5 Å². The number of hydrogen-bond donors (Lipinski definition) is 1. The lowest BCUT2D eigenvalue weighted by Gasteiger charge is -2.05. The van der Waals surface area contributed by atoms with Crippen LogP contribution < -0.4 is 5.32 Å². The van der Waals surface area contributed by atoms with Gasteiger partial charge < -0.3 is 10.1 Å². The van der Waals surface area contributed by atoms with Gasteiger partial charge in [-0.25, -0.2) is 0 Å². The van der Waals surface area contributed by atoms with Gasteiger partial charge in [-0.3, -0.25) is 0 Å². The Morgan fingerprint density at radius 3 is 3.00 bits per heavy atom. The zero-order valence-corrected chi connectivity index (χ0v) is 8.16. The molecule has 7 heteroatoms. The molecule has 1 aromatic heterocycles. The first kappa shape index (κ1) is 10.4. The Bertz CT molecular complexity index is 233. The van der Waals surface area contributed by atoms with E-state index >= 15 is 0 Å². The Morgan fingerprint density at radius 2 is 2.38 bits per heavy atom. The third-order valence-electron chi connectivity index (χ3n) is 1.16. The van der Waals surface area contributed by atoms with E-state index in [9.17, 15) is 0 Å². The minimum Gasteiger partial charge on any atom is -0.366 e. The molecular weight excluding hydrogens is 215 g/mol. The topological polar surface area (TPSA) is 59.9 Å². The highest BCUT2D eigenvalue weighted by molar-refractivity contribution is 6.43. The molecule has 0 aromatic carbocycles. The Kier molecular flexibility index (Phi) is 4.74. The van der Waals surface area contributed by atoms with Gasteiger partial charge in [0.05, 0.1) is 12.8 Å². The van der Waals surface area contributed by atoms with Gasteiger partial charge in [-0.15, -0.1) is 10.2 Å². The summed E-state index contributed by atoms with van der Waals surface area (Å²) >= 11 is 10.7. The number of ether oxygens (including phenoxy) is 1. The summed E-state index contributed by atoms with van der Waals surface area (Å²) in [4.78, 5) is 0. The van der Waals surface area contributed by atoms with Gasteiger partial charge in [0.15, 0.2) is 5.82 Å². The molecular formula is C6H8Cl2N4O. The molecule has 13 heavy (non-hydrogen) atoms. The second-order valence-corrected chi connectivity index (χ2v) is 3.08. The number of hydrogen-bond acceptors (Lipinski definition) is 5. The van der Waals surface area contributed by atoms with Crippen molar-refractivity contribution in [2.24, 2.45) is 0 Å². The average Bonchev–Trinajstić information content (AvgIpc) is 2.14. The molecule has 0 fully saturated rings. The SMILES string of the molecule is ClC(Cl)OCCNc1ccnnn1. The number of halogens is 2. The Balaban J connectivity index is 2.13. The number of nitrogens with one attached hydrogen (secondary N) is 1. The summed E-state index contributed by atoms with van der Waals surface area (Å²) in [6.07, 6.45) is 1.54. The van der Waals surface area contributed by atoms with E-state index in [0.29, 0.717) is 19.0 Å². The molecule has 0 saturated heterocycles. The Hall–Kier alpha value is -0.650. The summed E-state index contributed by atoms with van der Waals surface area (Å²) in [7, 11) is 0. The van der Waals surface area contributed by atoms with Crippen molar-refractivity contribution in [3.8, 4) is 0 Å². The third-order valence-corrected chi connectivity index (χ3v) is 1.41. The van der Waals surface area contributed by atoms with Gasteiger partial charge in [-0.1, -0.05) is 23.2 Å². The van der Waals surface area contributed by atoms with E-state index in [1.165, 1.54) is 0 Å². The lowest BCUT2D eigenvalue weighted by Crippen LogP contribution is -2.12. The molecule has 0 spiro atoms. The predicted molar refractivity (Wildman–Crippen MR) is 49.8 cm³/mol. The summed E-state index contributed by atoms with van der Waals surface area (Å²) < 4.78 is 4.87. The molecule has 5 nitrogen and oxygen atoms in total. The fourth-order valence-corrected chi connectivity index (χ4v) is 0.841. The first-order valence-electron chi connectivity index (χ1n) is 3.57. The van der Waals surface area contributed by atoms with Gasteiger partial charge >= 0.3 is 0 Å². The zero-order valence-electron chi connectivity index (χ0n) is 6.65. The summed E-state index contributed by atoms with van der Waals surface area (Å²) in [5.74, 6) is 0.638. The molecule has 0 amide bonds. The van der Waals surface area contributed by atoms with Crippen LogP contribution in [0.2, 0.25) is 0 Å². The summed E-state index contributed by atoms with van der Waals surface area (Å²) in [6.45, 7) is 0.969. The maximum atomic E-state index is 5.34. The molecule has 1 rings (SSSR count). The Morgan fingerprint density at radius 1 is 1.54 bits per heavy atom. The smallest absolute Gasteiger partial charge is 0.206 e. The van der Waals surface area contributed by atoms with E-state index in [0.717, 1.165) is 0 Å². The van der Waals surface area contributed by atoms with E-state index in [1.807, 2.05) is 0 Å². The number of alkyl halides is 2. The fraction of sp³-hybridized carbons (Fsp3) is 0.500. The molecule has 0 saturated carbocycles. The number of rotatable bonds is 5. The van der Waals surface area contributed by atoms with Crippen LogP contribution in [-0.4, -0.2) is 33.6 Å². The summed E-state index contributed by atoms with van der Waals surface area (Å²) in [5, 5.41) is 12.8. The fourth-order valence-electron chi connectivity index (χ4n) is 0.662. The first-order valence-corrected chi connectivity index (χ1v) is 4.44. The maximum Gasteiger partial charge on any atom is 0.206 e. The highest BCUT2D eigenvalue weighted by atomic mass is 35.5. The van der Waals surface area contributed by atoms with Crippen LogP contribution in [0.5, 0.6) is 0 Å². The molecule has 0 aliphatic heterocycles. The highest BCUT2D eigenvalue weighted by Gasteiger charge is 1.97. The average molecular weight is 223 g/mol. The van der Waals surface area contributed by atoms with E-state index < -0.39 is 5.02 Å². The van der Waals surface area contributed by atoms with Gasteiger partial charge in [0.1, 0.15) is 0 Å². The van der Waals surface area contributed by atoms with Crippen LogP contribution in [0.3, 0.4) is 0 Å². The lowest BCUT2D eigenvalue weighted by molar-refractivity contribution is 0.165. The lowest BCUT2D eigenvalue weighted by atomic mass is 10.6. The van der Waals surface area contributed by atoms with Crippen molar-refractivity contribution in [3.05, 3.63) is 12.3 Å². The molecule has 0 radical (unpaired) electrons. The van der Waals surface area contributed by atoms with Crippen molar-refractivity contribution < 1.29 is 4.74 Å². The normalized spacial score (nSPS) is 10.4. The van der Waals surface area contributed by atoms with Gasteiger partial charge in [0.2, 0.25) is 5.02 Å². The molecule has 0 aliphatic carbocycles. The monoisotopic (exact) mass is 222 g/mol. The van der Waals surface area contributed by atoms with E-state index in [2.05, 4.69) is 20.7 Å². The number of aromatic nitrogens is 3. The zero-order chi connectivity index (χ0) is 9.52. The minimum absolute atomic E-state index is 0.404. The van der Waals surface area contributed by atoms with Crippen molar-refractivity contribution in [1.82, 2.24) is 15.4 Å². The highest BCUT2D eigenvalue weighted by Crippen LogP contribution is 2.02. The van der Waals surface area contributed by atoms with Gasteiger partial charge in [0.25, 0.3) is 0 Å². The number of nitrogens with zero attached hydrogens (tertiary/aromatic N) is 3. The van der Waals surface area contributed by atoms with Crippen LogP contribution >= 0.6 is 23.2 Å². The minimum atomic E-state index is -0.787.